The average Bonchev–Trinajstić information content (AvgIpc) is 2.61. The third-order valence-electron chi connectivity index (χ3n) is 3.85. The molecule has 0 bridgehead atoms. The van der Waals surface area contributed by atoms with Crippen molar-refractivity contribution in [3.8, 4) is 17.1 Å². The first kappa shape index (κ1) is 16.6. The van der Waals surface area contributed by atoms with Crippen LogP contribution in [0, 0.1) is 13.8 Å². The van der Waals surface area contributed by atoms with Crippen molar-refractivity contribution in [1.82, 2.24) is 9.97 Å². The summed E-state index contributed by atoms with van der Waals surface area (Å²) in [7, 11) is 1.62. The van der Waals surface area contributed by atoms with Gasteiger partial charge in [0.15, 0.2) is 5.82 Å². The molecule has 126 valence electrons. The predicted molar refractivity (Wildman–Crippen MR) is 97.9 cm³/mol. The monoisotopic (exact) mass is 333 g/mol. The van der Waals surface area contributed by atoms with Crippen LogP contribution in [-0.4, -0.2) is 23.0 Å². The van der Waals surface area contributed by atoms with Crippen LogP contribution in [0.25, 0.3) is 11.4 Å². The number of amides is 1. The molecule has 1 N–H and O–H groups in total. The van der Waals surface area contributed by atoms with Crippen molar-refractivity contribution < 1.29 is 9.53 Å². The Hall–Kier alpha value is -3.21. The van der Waals surface area contributed by atoms with E-state index < -0.39 is 0 Å². The van der Waals surface area contributed by atoms with Crippen LogP contribution in [0.5, 0.6) is 5.75 Å². The van der Waals surface area contributed by atoms with Crippen molar-refractivity contribution in [2.24, 2.45) is 0 Å². The van der Waals surface area contributed by atoms with Gasteiger partial charge >= 0.3 is 0 Å². The number of methoxy groups -OCH3 is 1. The Morgan fingerprint density at radius 1 is 1.08 bits per heavy atom. The lowest BCUT2D eigenvalue weighted by atomic mass is 10.1. The first-order valence-corrected chi connectivity index (χ1v) is 7.93. The zero-order valence-corrected chi connectivity index (χ0v) is 14.4. The number of ether oxygens (including phenoxy) is 1. The molecule has 0 atom stereocenters. The summed E-state index contributed by atoms with van der Waals surface area (Å²) in [4.78, 5) is 21.3. The highest BCUT2D eigenvalue weighted by Crippen LogP contribution is 2.20. The molecule has 25 heavy (non-hydrogen) atoms. The number of hydrogen-bond donors (Lipinski definition) is 1. The molecule has 0 spiro atoms. The number of hydrogen-bond acceptors (Lipinski definition) is 4. The van der Waals surface area contributed by atoms with E-state index in [9.17, 15) is 4.79 Å². The van der Waals surface area contributed by atoms with Gasteiger partial charge < -0.3 is 10.1 Å². The number of aromatic nitrogens is 2. The molecule has 3 aromatic rings. The smallest absolute Gasteiger partial charge is 0.259 e. The maximum Gasteiger partial charge on any atom is 0.259 e. The highest BCUT2D eigenvalue weighted by Gasteiger charge is 2.13. The fourth-order valence-electron chi connectivity index (χ4n) is 2.49. The fourth-order valence-corrected chi connectivity index (χ4v) is 2.49. The lowest BCUT2D eigenvalue weighted by molar-refractivity contribution is 0.102. The van der Waals surface area contributed by atoms with Crippen molar-refractivity contribution in [2.75, 3.05) is 12.4 Å². The molecule has 0 radical (unpaired) electrons. The third kappa shape index (κ3) is 3.83. The zero-order chi connectivity index (χ0) is 17.8. The van der Waals surface area contributed by atoms with Gasteiger partial charge in [0.05, 0.1) is 18.4 Å². The van der Waals surface area contributed by atoms with Crippen LogP contribution in [0.3, 0.4) is 0 Å². The Labute approximate surface area is 146 Å². The van der Waals surface area contributed by atoms with Crippen LogP contribution in [0.15, 0.2) is 54.7 Å². The summed E-state index contributed by atoms with van der Waals surface area (Å²) in [5.74, 6) is 1.13. The second-order valence-electron chi connectivity index (χ2n) is 5.74. The molecule has 5 nitrogen and oxygen atoms in total. The molecule has 0 fully saturated rings. The molecule has 1 aromatic heterocycles. The Kier molecular flexibility index (Phi) is 4.75. The number of nitrogens with one attached hydrogen (secondary N) is 1. The molecule has 1 amide bonds. The van der Waals surface area contributed by atoms with Gasteiger partial charge in [-0.2, -0.15) is 0 Å². The molecule has 3 rings (SSSR count). The summed E-state index contributed by atoms with van der Waals surface area (Å²) in [6.45, 7) is 3.79. The first-order chi connectivity index (χ1) is 12.1. The van der Waals surface area contributed by atoms with Crippen molar-refractivity contribution in [3.05, 3.63) is 71.5 Å². The second-order valence-corrected chi connectivity index (χ2v) is 5.74. The predicted octanol–water partition coefficient (Wildman–Crippen LogP) is 4.02. The highest BCUT2D eigenvalue weighted by atomic mass is 16.5. The Morgan fingerprint density at radius 2 is 1.84 bits per heavy atom. The van der Waals surface area contributed by atoms with Gasteiger partial charge in [-0.3, -0.25) is 4.79 Å². The third-order valence-corrected chi connectivity index (χ3v) is 3.85. The summed E-state index contributed by atoms with van der Waals surface area (Å²) in [5.41, 5.74) is 3.79. The summed E-state index contributed by atoms with van der Waals surface area (Å²) >= 11 is 0. The molecule has 0 aliphatic rings. The quantitative estimate of drug-likeness (QED) is 0.783. The number of benzene rings is 2. The van der Waals surface area contributed by atoms with Crippen LogP contribution in [0.4, 0.5) is 5.69 Å². The maximum absolute atomic E-state index is 12.5. The van der Waals surface area contributed by atoms with Gasteiger partial charge in [-0.25, -0.2) is 9.97 Å². The normalized spacial score (nSPS) is 10.4. The lowest BCUT2D eigenvalue weighted by Crippen LogP contribution is -2.15. The minimum Gasteiger partial charge on any atom is -0.497 e. The molecule has 0 unspecified atom stereocenters. The molecule has 1 heterocycles. The summed E-state index contributed by atoms with van der Waals surface area (Å²) in [6, 6.07) is 15.1. The van der Waals surface area contributed by atoms with E-state index in [4.69, 9.17) is 4.74 Å². The van der Waals surface area contributed by atoms with E-state index >= 15 is 0 Å². The first-order valence-electron chi connectivity index (χ1n) is 7.93. The van der Waals surface area contributed by atoms with Gasteiger partial charge in [-0.15, -0.1) is 0 Å². The van der Waals surface area contributed by atoms with Gasteiger partial charge in [-0.1, -0.05) is 12.1 Å². The number of anilines is 1. The number of carbonyl (C=O) groups is 1. The van der Waals surface area contributed by atoms with Crippen LogP contribution < -0.4 is 10.1 Å². The highest BCUT2D eigenvalue weighted by molar-refractivity contribution is 6.04. The van der Waals surface area contributed by atoms with Gasteiger partial charge in [0.25, 0.3) is 5.91 Å². The van der Waals surface area contributed by atoms with Crippen LogP contribution in [-0.2, 0) is 0 Å². The van der Waals surface area contributed by atoms with E-state index in [0.717, 1.165) is 22.6 Å². The van der Waals surface area contributed by atoms with E-state index in [1.54, 1.807) is 20.2 Å². The van der Waals surface area contributed by atoms with Crippen molar-refractivity contribution >= 4 is 11.6 Å². The molecule has 2 aromatic carbocycles. The molecule has 0 saturated carbocycles. The number of carbonyl (C=O) groups excluding carboxylic acids is 1. The number of nitrogens with zero attached hydrogens (tertiary/aromatic N) is 2. The van der Waals surface area contributed by atoms with Crippen LogP contribution in [0.1, 0.15) is 21.6 Å². The Bertz CT molecular complexity index is 905. The van der Waals surface area contributed by atoms with E-state index in [1.807, 2.05) is 55.5 Å². The molecule has 0 aliphatic heterocycles. The van der Waals surface area contributed by atoms with Crippen molar-refractivity contribution in [2.45, 2.75) is 13.8 Å². The average molecular weight is 333 g/mol. The van der Waals surface area contributed by atoms with Gasteiger partial charge in [-0.05, 0) is 55.8 Å². The molecule has 0 aliphatic carbocycles. The Morgan fingerprint density at radius 3 is 2.48 bits per heavy atom. The SMILES string of the molecule is COc1ccc(-c2ncc(C(=O)Nc3cccc(C)c3)c(C)n2)cc1. The van der Waals surface area contributed by atoms with Crippen molar-refractivity contribution in [1.29, 1.82) is 0 Å². The van der Waals surface area contributed by atoms with E-state index in [0.29, 0.717) is 17.1 Å². The van der Waals surface area contributed by atoms with E-state index in [-0.39, 0.29) is 5.91 Å². The molecular weight excluding hydrogens is 314 g/mol. The maximum atomic E-state index is 12.5. The summed E-state index contributed by atoms with van der Waals surface area (Å²) < 4.78 is 5.15. The molecule has 0 saturated heterocycles. The zero-order valence-electron chi connectivity index (χ0n) is 14.4. The number of rotatable bonds is 4. The van der Waals surface area contributed by atoms with E-state index in [2.05, 4.69) is 15.3 Å². The van der Waals surface area contributed by atoms with Crippen LogP contribution in [0.2, 0.25) is 0 Å². The summed E-state index contributed by atoms with van der Waals surface area (Å²) in [6.07, 6.45) is 1.56. The minimum absolute atomic E-state index is 0.218. The largest absolute Gasteiger partial charge is 0.497 e. The fraction of sp³-hybridized carbons (Fsp3) is 0.150. The van der Waals surface area contributed by atoms with E-state index in [1.165, 1.54) is 0 Å². The molecular formula is C20H19N3O2. The standard InChI is InChI=1S/C20H19N3O2/c1-13-5-4-6-16(11-13)23-20(24)18-12-21-19(22-14(18)2)15-7-9-17(25-3)10-8-15/h4-12H,1-3H3,(H,23,24). The number of aryl methyl sites for hydroxylation is 2. The van der Waals surface area contributed by atoms with Gasteiger partial charge in [0.2, 0.25) is 0 Å². The molecule has 5 heteroatoms. The minimum atomic E-state index is -0.218. The van der Waals surface area contributed by atoms with Gasteiger partial charge in [0, 0.05) is 17.4 Å². The van der Waals surface area contributed by atoms with Crippen molar-refractivity contribution in [3.63, 3.8) is 0 Å². The van der Waals surface area contributed by atoms with Gasteiger partial charge in [0.1, 0.15) is 5.75 Å². The lowest BCUT2D eigenvalue weighted by Gasteiger charge is -2.09. The topological polar surface area (TPSA) is 64.1 Å². The second kappa shape index (κ2) is 7.13. The Balaban J connectivity index is 1.82. The summed E-state index contributed by atoms with van der Waals surface area (Å²) in [5, 5.41) is 2.88. The van der Waals surface area contributed by atoms with Crippen LogP contribution >= 0.6 is 0 Å².